The minimum absolute atomic E-state index is 0.0576. The van der Waals surface area contributed by atoms with Crippen molar-refractivity contribution in [2.24, 2.45) is 5.92 Å². The predicted molar refractivity (Wildman–Crippen MR) is 130 cm³/mol. The standard InChI is InChI=1S/C27H24ClNO7/c1-13-10-17(30)20-15(14-8-6-5-7-9-14)11-16(26(32)35-4)29-24(20)27(13)25(31)21-18(33-2)12-19(34-3)22(28)23(21)36-27/h5-9,11-13,15,29H,10H2,1-4H3/t13-,15?,27+/m1/s1. The van der Waals surface area contributed by atoms with Gasteiger partial charge in [0.25, 0.3) is 0 Å². The van der Waals surface area contributed by atoms with Crippen LogP contribution in [-0.2, 0) is 14.3 Å². The number of rotatable bonds is 4. The van der Waals surface area contributed by atoms with Crippen molar-refractivity contribution >= 4 is 29.1 Å². The largest absolute Gasteiger partial charge is 0.496 e. The molecule has 5 rings (SSSR count). The molecule has 1 unspecified atom stereocenters. The lowest BCUT2D eigenvalue weighted by Gasteiger charge is -2.43. The third-order valence-corrected chi connectivity index (χ3v) is 7.37. The average molecular weight is 510 g/mol. The highest BCUT2D eigenvalue weighted by molar-refractivity contribution is 6.35. The van der Waals surface area contributed by atoms with Gasteiger partial charge in [-0.05, 0) is 11.6 Å². The lowest BCUT2D eigenvalue weighted by atomic mass is 9.67. The molecule has 36 heavy (non-hydrogen) atoms. The van der Waals surface area contributed by atoms with E-state index in [1.807, 2.05) is 30.3 Å². The number of benzene rings is 2. The summed E-state index contributed by atoms with van der Waals surface area (Å²) in [5.41, 5.74) is -0.0318. The summed E-state index contributed by atoms with van der Waals surface area (Å²) in [6, 6.07) is 10.8. The van der Waals surface area contributed by atoms with Gasteiger partial charge in [0.2, 0.25) is 11.4 Å². The summed E-state index contributed by atoms with van der Waals surface area (Å²) in [7, 11) is 4.14. The van der Waals surface area contributed by atoms with Crippen molar-refractivity contribution in [1.82, 2.24) is 5.32 Å². The molecule has 2 aromatic rings. The number of allylic oxidation sites excluding steroid dienone is 2. The maximum Gasteiger partial charge on any atom is 0.354 e. The fourth-order valence-corrected chi connectivity index (χ4v) is 5.54. The molecular formula is C27H24ClNO7. The van der Waals surface area contributed by atoms with Gasteiger partial charge in [-0.1, -0.05) is 48.9 Å². The van der Waals surface area contributed by atoms with Crippen molar-refractivity contribution in [3.63, 3.8) is 0 Å². The Hall–Kier alpha value is -3.78. The highest BCUT2D eigenvalue weighted by Crippen LogP contribution is 2.56. The molecule has 0 amide bonds. The summed E-state index contributed by atoms with van der Waals surface area (Å²) in [5.74, 6) is -1.76. The van der Waals surface area contributed by atoms with Crippen LogP contribution in [0.1, 0.15) is 35.2 Å². The molecule has 0 fully saturated rings. The number of halogens is 1. The smallest absolute Gasteiger partial charge is 0.354 e. The van der Waals surface area contributed by atoms with E-state index in [0.717, 1.165) is 5.56 Å². The van der Waals surface area contributed by atoms with E-state index in [4.69, 9.17) is 30.5 Å². The Balaban J connectivity index is 1.77. The van der Waals surface area contributed by atoms with Gasteiger partial charge in [-0.25, -0.2) is 4.79 Å². The number of nitrogens with one attached hydrogen (secondary N) is 1. The molecule has 186 valence electrons. The zero-order chi connectivity index (χ0) is 25.8. The molecule has 1 spiro atoms. The SMILES string of the molecule is COC(=O)C1=CC(c2ccccc2)C2=C(N1)[C@@]1(Oc3c(Cl)c(OC)cc(OC)c3C1=O)[C@H](C)CC2=O. The van der Waals surface area contributed by atoms with Crippen LogP contribution < -0.4 is 19.5 Å². The third-order valence-electron chi connectivity index (χ3n) is 7.01. The van der Waals surface area contributed by atoms with E-state index >= 15 is 0 Å². The van der Waals surface area contributed by atoms with Gasteiger partial charge < -0.3 is 24.3 Å². The van der Waals surface area contributed by atoms with Crippen LogP contribution in [0.4, 0.5) is 0 Å². The van der Waals surface area contributed by atoms with E-state index in [1.165, 1.54) is 27.4 Å². The normalized spacial score (nSPS) is 24.4. The molecule has 3 aliphatic rings. The Bertz CT molecular complexity index is 1360. The number of carbonyl (C=O) groups excluding carboxylic acids is 3. The highest BCUT2D eigenvalue weighted by atomic mass is 35.5. The number of carbonyl (C=O) groups is 3. The Morgan fingerprint density at radius 1 is 1.11 bits per heavy atom. The second kappa shape index (κ2) is 8.71. The minimum Gasteiger partial charge on any atom is -0.496 e. The first-order valence-corrected chi connectivity index (χ1v) is 11.7. The summed E-state index contributed by atoms with van der Waals surface area (Å²) >= 11 is 6.58. The van der Waals surface area contributed by atoms with E-state index in [9.17, 15) is 14.4 Å². The first-order chi connectivity index (χ1) is 17.3. The number of dihydropyridines is 1. The summed E-state index contributed by atoms with van der Waals surface area (Å²) in [4.78, 5) is 40.4. The van der Waals surface area contributed by atoms with Gasteiger partial charge in [-0.15, -0.1) is 0 Å². The van der Waals surface area contributed by atoms with E-state index < -0.39 is 29.2 Å². The van der Waals surface area contributed by atoms with Crippen LogP contribution in [0.15, 0.2) is 59.4 Å². The third kappa shape index (κ3) is 3.24. The Labute approximate surface area is 212 Å². The minimum atomic E-state index is -1.64. The molecule has 3 atom stereocenters. The van der Waals surface area contributed by atoms with Gasteiger partial charge in [0.05, 0.1) is 27.0 Å². The van der Waals surface area contributed by atoms with Crippen molar-refractivity contribution < 1.29 is 33.3 Å². The zero-order valence-corrected chi connectivity index (χ0v) is 20.9. The van der Waals surface area contributed by atoms with Crippen LogP contribution in [0.5, 0.6) is 17.2 Å². The first-order valence-electron chi connectivity index (χ1n) is 11.4. The van der Waals surface area contributed by atoms with Crippen molar-refractivity contribution in [2.75, 3.05) is 21.3 Å². The van der Waals surface area contributed by atoms with Crippen LogP contribution in [0.3, 0.4) is 0 Å². The van der Waals surface area contributed by atoms with Gasteiger partial charge >= 0.3 is 5.97 Å². The number of ketones is 2. The van der Waals surface area contributed by atoms with Gasteiger partial charge in [0.15, 0.2) is 11.5 Å². The lowest BCUT2D eigenvalue weighted by molar-refractivity contribution is -0.136. The summed E-state index contributed by atoms with van der Waals surface area (Å²) in [5, 5.41) is 3.15. The molecular weight excluding hydrogens is 486 g/mol. The first kappa shape index (κ1) is 23.9. The number of ether oxygens (including phenoxy) is 4. The van der Waals surface area contributed by atoms with E-state index in [1.54, 1.807) is 13.0 Å². The molecule has 2 heterocycles. The van der Waals surface area contributed by atoms with Crippen LogP contribution in [0.2, 0.25) is 5.02 Å². The van der Waals surface area contributed by atoms with E-state index in [2.05, 4.69) is 5.32 Å². The number of hydrogen-bond acceptors (Lipinski definition) is 8. The molecule has 2 aromatic carbocycles. The van der Waals surface area contributed by atoms with E-state index in [-0.39, 0.29) is 51.4 Å². The molecule has 0 aromatic heterocycles. The lowest BCUT2D eigenvalue weighted by Crippen LogP contribution is -2.57. The highest BCUT2D eigenvalue weighted by Gasteiger charge is 2.62. The second-order valence-corrected chi connectivity index (χ2v) is 9.25. The molecule has 0 radical (unpaired) electrons. The number of methoxy groups -OCH3 is 3. The monoisotopic (exact) mass is 509 g/mol. The number of hydrogen-bond donors (Lipinski definition) is 1. The quantitative estimate of drug-likeness (QED) is 0.618. The van der Waals surface area contributed by atoms with Crippen molar-refractivity contribution in [2.45, 2.75) is 24.9 Å². The Kier molecular flexibility index (Phi) is 5.79. The molecule has 8 nitrogen and oxygen atoms in total. The molecule has 2 aliphatic heterocycles. The number of esters is 1. The van der Waals surface area contributed by atoms with Gasteiger partial charge in [-0.2, -0.15) is 0 Å². The van der Waals surface area contributed by atoms with Gasteiger partial charge in [0.1, 0.15) is 27.8 Å². The molecule has 9 heteroatoms. The summed E-state index contributed by atoms with van der Waals surface area (Å²) in [6.45, 7) is 1.76. The Morgan fingerprint density at radius 3 is 2.44 bits per heavy atom. The zero-order valence-electron chi connectivity index (χ0n) is 20.1. The van der Waals surface area contributed by atoms with Crippen LogP contribution in [0, 0.1) is 5.92 Å². The van der Waals surface area contributed by atoms with Crippen molar-refractivity contribution in [1.29, 1.82) is 0 Å². The molecule has 1 aliphatic carbocycles. The fraction of sp³-hybridized carbons (Fsp3) is 0.296. The predicted octanol–water partition coefficient (Wildman–Crippen LogP) is 3.98. The number of Topliss-reactive ketones (excluding diaryl/α,β-unsaturated/α-hetero) is 2. The van der Waals surface area contributed by atoms with Crippen molar-refractivity contribution in [3.05, 3.63) is 75.6 Å². The summed E-state index contributed by atoms with van der Waals surface area (Å²) in [6.07, 6.45) is 1.70. The van der Waals surface area contributed by atoms with Crippen LogP contribution in [-0.4, -0.2) is 44.5 Å². The summed E-state index contributed by atoms with van der Waals surface area (Å²) < 4.78 is 22.3. The van der Waals surface area contributed by atoms with Crippen LogP contribution in [0.25, 0.3) is 0 Å². The maximum atomic E-state index is 14.2. The van der Waals surface area contributed by atoms with Crippen molar-refractivity contribution in [3.8, 4) is 17.2 Å². The van der Waals surface area contributed by atoms with Crippen LogP contribution >= 0.6 is 11.6 Å². The average Bonchev–Trinajstić information content (AvgIpc) is 3.21. The topological polar surface area (TPSA) is 100 Å². The molecule has 1 N–H and O–H groups in total. The maximum absolute atomic E-state index is 14.2. The second-order valence-electron chi connectivity index (χ2n) is 8.87. The molecule has 0 saturated heterocycles. The molecule has 0 saturated carbocycles. The van der Waals surface area contributed by atoms with Gasteiger partial charge in [-0.3, -0.25) is 9.59 Å². The molecule has 0 bridgehead atoms. The van der Waals surface area contributed by atoms with E-state index in [0.29, 0.717) is 5.57 Å². The van der Waals surface area contributed by atoms with Gasteiger partial charge in [0, 0.05) is 29.9 Å². The number of fused-ring (bicyclic) bond motifs is 2. The Morgan fingerprint density at radius 2 is 1.81 bits per heavy atom. The fourth-order valence-electron chi connectivity index (χ4n) is 5.28.